The Morgan fingerprint density at radius 1 is 0.792 bits per heavy atom. The molecule has 1 heterocycles. The SMILES string of the molecule is CCC[C@H]1C(=O)N[C@@H](C2CCCCCC2)C(=O)N[C@@H](CN)C(=O)N[C@@H](COC2CC(N)C2)C(=O)N[C@H](C)CO[C@H](CC2CCCCC2)[C@@H](C)C(=O)N1C. The molecule has 0 aromatic heterocycles. The summed E-state index contributed by atoms with van der Waals surface area (Å²) in [5.41, 5.74) is 12.0. The molecule has 1 saturated heterocycles. The zero-order valence-electron chi connectivity index (χ0n) is 32.7. The minimum Gasteiger partial charge on any atom is -0.375 e. The average Bonchev–Trinajstić information content (AvgIpc) is 3.42. The van der Waals surface area contributed by atoms with Gasteiger partial charge in [0.05, 0.1) is 31.3 Å². The Bertz CT molecular complexity index is 1200. The minimum atomic E-state index is -1.17. The van der Waals surface area contributed by atoms with E-state index in [0.717, 1.165) is 64.2 Å². The topological polar surface area (TPSA) is 207 Å². The van der Waals surface area contributed by atoms with E-state index in [2.05, 4.69) is 21.3 Å². The summed E-state index contributed by atoms with van der Waals surface area (Å²) in [5.74, 6) is -2.49. The molecule has 0 radical (unpaired) electrons. The number of hydrogen-bond donors (Lipinski definition) is 6. The number of carbonyl (C=O) groups is 5. The number of nitrogens with zero attached hydrogens (tertiary/aromatic N) is 1. The van der Waals surface area contributed by atoms with Gasteiger partial charge in [0.15, 0.2) is 0 Å². The molecule has 0 aromatic carbocycles. The van der Waals surface area contributed by atoms with Crippen LogP contribution >= 0.6 is 0 Å². The van der Waals surface area contributed by atoms with Gasteiger partial charge in [-0.05, 0) is 57.3 Å². The van der Waals surface area contributed by atoms with Crippen LogP contribution in [0.3, 0.4) is 0 Å². The van der Waals surface area contributed by atoms with Crippen LogP contribution in [0, 0.1) is 17.8 Å². The molecule has 0 aromatic rings. The fourth-order valence-corrected chi connectivity index (χ4v) is 8.44. The van der Waals surface area contributed by atoms with Crippen LogP contribution in [0.1, 0.15) is 124 Å². The van der Waals surface area contributed by atoms with Crippen molar-refractivity contribution in [2.45, 2.75) is 172 Å². The van der Waals surface area contributed by atoms with Crippen LogP contribution in [0.4, 0.5) is 0 Å². The van der Waals surface area contributed by atoms with E-state index in [0.29, 0.717) is 38.0 Å². The van der Waals surface area contributed by atoms with Crippen LogP contribution in [-0.4, -0.2) is 110 Å². The molecule has 14 nitrogen and oxygen atoms in total. The van der Waals surface area contributed by atoms with Gasteiger partial charge in [-0.3, -0.25) is 24.0 Å². The first-order valence-corrected chi connectivity index (χ1v) is 20.6. The van der Waals surface area contributed by atoms with E-state index in [4.69, 9.17) is 20.9 Å². The lowest BCUT2D eigenvalue weighted by Crippen LogP contribution is -2.62. The Labute approximate surface area is 316 Å². The van der Waals surface area contributed by atoms with E-state index in [1.807, 2.05) is 20.8 Å². The third-order valence-corrected chi connectivity index (χ3v) is 11.9. The Balaban J connectivity index is 1.66. The highest BCUT2D eigenvalue weighted by molar-refractivity contribution is 5.96. The molecule has 7 atom stereocenters. The van der Waals surface area contributed by atoms with Crippen molar-refractivity contribution < 1.29 is 33.4 Å². The Morgan fingerprint density at radius 3 is 2.02 bits per heavy atom. The quantitative estimate of drug-likeness (QED) is 0.191. The van der Waals surface area contributed by atoms with Gasteiger partial charge in [0, 0.05) is 25.7 Å². The Hall–Kier alpha value is -2.81. The lowest BCUT2D eigenvalue weighted by Gasteiger charge is -2.35. The highest BCUT2D eigenvalue weighted by Crippen LogP contribution is 2.31. The lowest BCUT2D eigenvalue weighted by atomic mass is 9.82. The molecule has 1 aliphatic heterocycles. The van der Waals surface area contributed by atoms with Crippen LogP contribution in [0.2, 0.25) is 0 Å². The molecule has 0 bridgehead atoms. The number of carbonyl (C=O) groups excluding carboxylic acids is 5. The summed E-state index contributed by atoms with van der Waals surface area (Å²) in [6.45, 7) is 5.48. The number of amides is 5. The van der Waals surface area contributed by atoms with Crippen molar-refractivity contribution in [2.24, 2.45) is 29.2 Å². The Morgan fingerprint density at radius 2 is 1.40 bits per heavy atom. The Kier molecular flexibility index (Phi) is 17.3. The number of nitrogens with two attached hydrogens (primary N) is 2. The van der Waals surface area contributed by atoms with E-state index < -0.39 is 65.9 Å². The maximum atomic E-state index is 14.3. The first-order valence-electron chi connectivity index (χ1n) is 20.6. The summed E-state index contributed by atoms with van der Waals surface area (Å²) in [7, 11) is 1.66. The molecule has 8 N–H and O–H groups in total. The third-order valence-electron chi connectivity index (χ3n) is 11.9. The molecule has 3 aliphatic carbocycles. The minimum absolute atomic E-state index is 0.0432. The molecule has 0 unspecified atom stereocenters. The number of rotatable bonds is 9. The van der Waals surface area contributed by atoms with Gasteiger partial charge in [0.2, 0.25) is 29.5 Å². The van der Waals surface area contributed by atoms with E-state index in [1.165, 1.54) is 11.3 Å². The van der Waals surface area contributed by atoms with Crippen molar-refractivity contribution in [3.63, 3.8) is 0 Å². The zero-order valence-corrected chi connectivity index (χ0v) is 32.7. The van der Waals surface area contributed by atoms with Gasteiger partial charge in [-0.15, -0.1) is 0 Å². The molecule has 5 amide bonds. The van der Waals surface area contributed by atoms with Crippen molar-refractivity contribution in [3.05, 3.63) is 0 Å². The lowest BCUT2D eigenvalue weighted by molar-refractivity contribution is -0.147. The average molecular weight is 748 g/mol. The van der Waals surface area contributed by atoms with Crippen LogP contribution in [0.25, 0.3) is 0 Å². The summed E-state index contributed by atoms with van der Waals surface area (Å²) in [5, 5.41) is 11.6. The van der Waals surface area contributed by atoms with Crippen molar-refractivity contribution >= 4 is 29.5 Å². The molecule has 14 heteroatoms. The first kappa shape index (κ1) is 42.9. The summed E-state index contributed by atoms with van der Waals surface area (Å²) in [6, 6.07) is -4.39. The van der Waals surface area contributed by atoms with Crippen LogP contribution < -0.4 is 32.7 Å². The molecule has 4 aliphatic rings. The first-order chi connectivity index (χ1) is 25.4. The highest BCUT2D eigenvalue weighted by atomic mass is 16.5. The van der Waals surface area contributed by atoms with Crippen molar-refractivity contribution in [2.75, 3.05) is 26.8 Å². The van der Waals surface area contributed by atoms with Gasteiger partial charge < -0.3 is 47.1 Å². The fourth-order valence-electron chi connectivity index (χ4n) is 8.44. The predicted molar refractivity (Wildman–Crippen MR) is 202 cm³/mol. The number of ether oxygens (including phenoxy) is 2. The van der Waals surface area contributed by atoms with E-state index >= 15 is 0 Å². The molecular formula is C39H69N7O7. The van der Waals surface area contributed by atoms with E-state index in [1.54, 1.807) is 7.05 Å². The molecule has 4 rings (SSSR count). The molecule has 0 spiro atoms. The van der Waals surface area contributed by atoms with Crippen molar-refractivity contribution in [3.8, 4) is 0 Å². The summed E-state index contributed by atoms with van der Waals surface area (Å²) >= 11 is 0. The van der Waals surface area contributed by atoms with Gasteiger partial charge in [0.25, 0.3) is 0 Å². The maximum Gasteiger partial charge on any atom is 0.245 e. The number of likely N-dealkylation sites (N-methyl/N-ethyl adjacent to an activating group) is 1. The summed E-state index contributed by atoms with van der Waals surface area (Å²) < 4.78 is 12.5. The molecular weight excluding hydrogens is 678 g/mol. The number of hydrogen-bond acceptors (Lipinski definition) is 9. The second kappa shape index (κ2) is 21.3. The second-order valence-electron chi connectivity index (χ2n) is 16.3. The smallest absolute Gasteiger partial charge is 0.245 e. The summed E-state index contributed by atoms with van der Waals surface area (Å²) in [6.07, 6.45) is 13.6. The van der Waals surface area contributed by atoms with E-state index in [-0.39, 0.29) is 43.7 Å². The van der Waals surface area contributed by atoms with Gasteiger partial charge in [-0.2, -0.15) is 0 Å². The van der Waals surface area contributed by atoms with Crippen molar-refractivity contribution in [1.82, 2.24) is 26.2 Å². The van der Waals surface area contributed by atoms with Gasteiger partial charge in [-0.25, -0.2) is 0 Å². The number of nitrogens with one attached hydrogen (secondary N) is 4. The van der Waals surface area contributed by atoms with Crippen molar-refractivity contribution in [1.29, 1.82) is 0 Å². The van der Waals surface area contributed by atoms with Crippen LogP contribution in [-0.2, 0) is 33.4 Å². The highest BCUT2D eigenvalue weighted by Gasteiger charge is 2.39. The largest absolute Gasteiger partial charge is 0.375 e. The normalized spacial score (nSPS) is 34.3. The van der Waals surface area contributed by atoms with Gasteiger partial charge >= 0.3 is 0 Å². The zero-order chi connectivity index (χ0) is 38.5. The maximum absolute atomic E-state index is 14.3. The molecule has 3 saturated carbocycles. The van der Waals surface area contributed by atoms with E-state index in [9.17, 15) is 24.0 Å². The standard InChI is InChI=1S/C39H69N7O7/c1-5-13-32-37(49)45-34(27-16-11-6-7-12-17-27)38(50)43-30(21-40)35(47)44-31(23-52-29-19-28(41)20-29)36(48)42-24(2)22-53-33(25(3)39(51)46(32)4)18-26-14-9-8-10-15-26/h24-34H,5-23,40-41H2,1-4H3,(H,42,48)(H,43,50)(H,44,47)(H,45,49)/t24-,25-,28?,29?,30+,31+,32+,33-,34+/m1/s1. The molecule has 53 heavy (non-hydrogen) atoms. The fraction of sp³-hybridized carbons (Fsp3) is 0.872. The second-order valence-corrected chi connectivity index (χ2v) is 16.3. The van der Waals surface area contributed by atoms with Gasteiger partial charge in [0.1, 0.15) is 24.2 Å². The van der Waals surface area contributed by atoms with Gasteiger partial charge in [-0.1, -0.05) is 78.1 Å². The summed E-state index contributed by atoms with van der Waals surface area (Å²) in [4.78, 5) is 71.6. The van der Waals surface area contributed by atoms with Crippen LogP contribution in [0.15, 0.2) is 0 Å². The molecule has 4 fully saturated rings. The van der Waals surface area contributed by atoms with Crippen LogP contribution in [0.5, 0.6) is 0 Å². The molecule has 302 valence electrons. The monoisotopic (exact) mass is 748 g/mol. The third kappa shape index (κ3) is 12.6. The predicted octanol–water partition coefficient (Wildman–Crippen LogP) is 2.01.